The van der Waals surface area contributed by atoms with E-state index in [1.165, 1.54) is 43.2 Å². The first-order chi connectivity index (χ1) is 17.3. The minimum absolute atomic E-state index is 1.00. The maximum absolute atomic E-state index is 4.43. The minimum atomic E-state index is 1.00. The number of nitrogens with one attached hydrogen (secondary N) is 1. The first kappa shape index (κ1) is 21.9. The molecule has 0 saturated carbocycles. The summed E-state index contributed by atoms with van der Waals surface area (Å²) < 4.78 is 0. The number of piperidine rings is 1. The summed E-state index contributed by atoms with van der Waals surface area (Å²) in [7, 11) is 0. The number of hydrogen-bond acceptors (Lipinski definition) is 2. The van der Waals surface area contributed by atoms with Crippen LogP contribution in [0.25, 0.3) is 44.5 Å². The molecule has 1 N–H and O–H groups in total. The van der Waals surface area contributed by atoms with Gasteiger partial charge in [-0.15, -0.1) is 0 Å². The molecule has 1 aliphatic rings. The summed E-state index contributed by atoms with van der Waals surface area (Å²) in [4.78, 5) is 2.63. The fourth-order valence-corrected chi connectivity index (χ4v) is 5.80. The highest BCUT2D eigenvalue weighted by Crippen LogP contribution is 2.24. The van der Waals surface area contributed by atoms with Gasteiger partial charge < -0.3 is 10.2 Å². The molecule has 35 heavy (non-hydrogen) atoms. The van der Waals surface area contributed by atoms with Gasteiger partial charge in [0.1, 0.15) is 0 Å². The molecular weight excluding hydrogens is 424 g/mol. The number of nitrogens with zero attached hydrogens (tertiary/aromatic N) is 1. The van der Waals surface area contributed by atoms with Crippen molar-refractivity contribution in [1.29, 1.82) is 0 Å². The van der Waals surface area contributed by atoms with Gasteiger partial charge in [-0.3, -0.25) is 0 Å². The van der Waals surface area contributed by atoms with Gasteiger partial charge in [-0.05, 0) is 69.2 Å². The first-order valence-electron chi connectivity index (χ1n) is 12.8. The molecule has 0 spiro atoms. The number of hydrogen-bond donors (Lipinski definition) is 1. The van der Waals surface area contributed by atoms with Gasteiger partial charge in [0, 0.05) is 30.7 Å². The number of rotatable bonds is 5. The SMILES string of the molecule is C=c1c2ccccc2c(=C2CCN(CCCNc3cccc4ccccc34)CC2)c2ccccc12. The smallest absolute Gasteiger partial charge is 0.0419 e. The van der Waals surface area contributed by atoms with E-state index in [0.717, 1.165) is 50.7 Å². The van der Waals surface area contributed by atoms with Gasteiger partial charge >= 0.3 is 0 Å². The zero-order valence-corrected chi connectivity index (χ0v) is 20.3. The molecule has 0 aromatic heterocycles. The molecule has 5 aromatic carbocycles. The third-order valence-electron chi connectivity index (χ3n) is 7.61. The largest absolute Gasteiger partial charge is 0.384 e. The number of likely N-dealkylation sites (tertiary alicyclic amines) is 1. The van der Waals surface area contributed by atoms with Crippen LogP contribution in [0.2, 0.25) is 0 Å². The van der Waals surface area contributed by atoms with Crippen LogP contribution in [-0.4, -0.2) is 31.1 Å². The van der Waals surface area contributed by atoms with Crippen LogP contribution < -0.4 is 15.8 Å². The van der Waals surface area contributed by atoms with Gasteiger partial charge in [0.25, 0.3) is 0 Å². The van der Waals surface area contributed by atoms with Crippen LogP contribution in [0.3, 0.4) is 0 Å². The molecule has 6 rings (SSSR count). The Bertz CT molecular complexity index is 1550. The lowest BCUT2D eigenvalue weighted by Gasteiger charge is -2.29. The van der Waals surface area contributed by atoms with E-state index in [0.29, 0.717) is 0 Å². The predicted molar refractivity (Wildman–Crippen MR) is 152 cm³/mol. The molecule has 1 heterocycles. The molecule has 0 aliphatic carbocycles. The monoisotopic (exact) mass is 456 g/mol. The zero-order valence-electron chi connectivity index (χ0n) is 20.3. The topological polar surface area (TPSA) is 15.3 Å². The van der Waals surface area contributed by atoms with Crippen molar-refractivity contribution in [3.8, 4) is 0 Å². The van der Waals surface area contributed by atoms with Crippen molar-refractivity contribution < 1.29 is 0 Å². The van der Waals surface area contributed by atoms with Gasteiger partial charge in [-0.2, -0.15) is 0 Å². The Morgan fingerprint density at radius 3 is 1.91 bits per heavy atom. The van der Waals surface area contributed by atoms with Crippen LogP contribution >= 0.6 is 0 Å². The molecule has 5 aromatic rings. The van der Waals surface area contributed by atoms with Crippen LogP contribution in [0.1, 0.15) is 19.3 Å². The average Bonchev–Trinajstić information content (AvgIpc) is 2.92. The molecular formula is C33H32N2. The van der Waals surface area contributed by atoms with Crippen molar-refractivity contribution in [3.05, 3.63) is 101 Å². The summed E-state index contributed by atoms with van der Waals surface area (Å²) in [5, 5.41) is 14.2. The molecule has 1 fully saturated rings. The van der Waals surface area contributed by atoms with Crippen molar-refractivity contribution >= 4 is 50.2 Å². The van der Waals surface area contributed by atoms with Gasteiger partial charge in [-0.25, -0.2) is 0 Å². The van der Waals surface area contributed by atoms with E-state index >= 15 is 0 Å². The van der Waals surface area contributed by atoms with Gasteiger partial charge in [0.15, 0.2) is 0 Å². The second kappa shape index (κ2) is 9.56. The number of anilines is 1. The molecule has 1 saturated heterocycles. The van der Waals surface area contributed by atoms with E-state index in [4.69, 9.17) is 0 Å². The lowest BCUT2D eigenvalue weighted by molar-refractivity contribution is 0.268. The van der Waals surface area contributed by atoms with E-state index in [9.17, 15) is 0 Å². The second-order valence-electron chi connectivity index (χ2n) is 9.70. The highest BCUT2D eigenvalue weighted by Gasteiger charge is 2.16. The standard InChI is InChI=1S/C33H32N2/c1-24-27-12-4-6-15-30(27)33(31-16-7-5-13-28(24)31)26-18-22-35(23-19-26)21-9-20-34-32-17-8-11-25-10-2-3-14-29(25)32/h2-8,10-17,34H,1,9,18-23H2. The normalized spacial score (nSPS) is 14.7. The molecule has 0 atom stereocenters. The third-order valence-corrected chi connectivity index (χ3v) is 7.61. The van der Waals surface area contributed by atoms with Gasteiger partial charge in [0.2, 0.25) is 0 Å². The van der Waals surface area contributed by atoms with Crippen LogP contribution in [0.5, 0.6) is 0 Å². The Labute approximate surface area is 207 Å². The van der Waals surface area contributed by atoms with Crippen LogP contribution in [0.15, 0.2) is 91.0 Å². The van der Waals surface area contributed by atoms with Crippen molar-refractivity contribution in [2.45, 2.75) is 19.3 Å². The second-order valence-corrected chi connectivity index (χ2v) is 9.70. The van der Waals surface area contributed by atoms with Gasteiger partial charge in [0.05, 0.1) is 0 Å². The van der Waals surface area contributed by atoms with Crippen molar-refractivity contribution in [2.75, 3.05) is 31.5 Å². The Kier molecular flexibility index (Phi) is 5.98. The van der Waals surface area contributed by atoms with E-state index in [-0.39, 0.29) is 0 Å². The molecule has 1 aliphatic heterocycles. The molecule has 2 nitrogen and oxygen atoms in total. The third kappa shape index (κ3) is 4.19. The molecule has 174 valence electrons. The lowest BCUT2D eigenvalue weighted by Crippen LogP contribution is -2.34. The summed E-state index contributed by atoms with van der Waals surface area (Å²) in [6.07, 6.45) is 3.43. The maximum atomic E-state index is 4.43. The fraction of sp³-hybridized carbons (Fsp3) is 0.212. The van der Waals surface area contributed by atoms with Gasteiger partial charge in [-0.1, -0.05) is 97.1 Å². The summed E-state index contributed by atoms with van der Waals surface area (Å²) >= 11 is 0. The van der Waals surface area contributed by atoms with E-state index in [1.54, 1.807) is 5.57 Å². The summed E-state index contributed by atoms with van der Waals surface area (Å²) in [6, 6.07) is 32.7. The molecule has 2 heteroatoms. The highest BCUT2D eigenvalue weighted by atomic mass is 15.1. The Balaban J connectivity index is 1.17. The first-order valence-corrected chi connectivity index (χ1v) is 12.8. The molecule has 0 amide bonds. The average molecular weight is 457 g/mol. The summed E-state index contributed by atoms with van der Waals surface area (Å²) in [5.74, 6) is 0. The predicted octanol–water partition coefficient (Wildman–Crippen LogP) is 6.31. The van der Waals surface area contributed by atoms with Crippen LogP contribution in [-0.2, 0) is 0 Å². The van der Waals surface area contributed by atoms with E-state index in [1.807, 2.05) is 0 Å². The zero-order chi connectivity index (χ0) is 23.6. The minimum Gasteiger partial charge on any atom is -0.384 e. The maximum Gasteiger partial charge on any atom is 0.0419 e. The molecule has 0 radical (unpaired) electrons. The van der Waals surface area contributed by atoms with Crippen molar-refractivity contribution in [1.82, 2.24) is 4.90 Å². The quantitative estimate of drug-likeness (QED) is 0.246. The lowest BCUT2D eigenvalue weighted by atomic mass is 9.92. The van der Waals surface area contributed by atoms with E-state index < -0.39 is 0 Å². The van der Waals surface area contributed by atoms with Crippen LogP contribution in [0.4, 0.5) is 5.69 Å². The Morgan fingerprint density at radius 1 is 0.657 bits per heavy atom. The number of fused-ring (bicyclic) bond motifs is 3. The fourth-order valence-electron chi connectivity index (χ4n) is 5.80. The van der Waals surface area contributed by atoms with Crippen LogP contribution in [0, 0.1) is 0 Å². The van der Waals surface area contributed by atoms with Crippen molar-refractivity contribution in [2.24, 2.45) is 0 Å². The highest BCUT2D eigenvalue weighted by molar-refractivity contribution is 6.01. The van der Waals surface area contributed by atoms with E-state index in [2.05, 4.69) is 108 Å². The molecule has 0 unspecified atom stereocenters. The number of benzene rings is 5. The van der Waals surface area contributed by atoms with Crippen molar-refractivity contribution in [3.63, 3.8) is 0 Å². The molecule has 0 bridgehead atoms. The Hall–Kier alpha value is -3.62. The summed E-state index contributed by atoms with van der Waals surface area (Å²) in [6.45, 7) is 8.85. The summed E-state index contributed by atoms with van der Waals surface area (Å²) in [5.41, 5.74) is 2.84. The Morgan fingerprint density at radius 2 is 1.23 bits per heavy atom.